The van der Waals surface area contributed by atoms with Gasteiger partial charge in [0.2, 0.25) is 5.91 Å². The number of ether oxygens (including phenoxy) is 2. The summed E-state index contributed by atoms with van der Waals surface area (Å²) in [6.07, 6.45) is 1.72. The molecule has 176 valence electrons. The molecule has 0 aromatic heterocycles. The second-order valence-electron chi connectivity index (χ2n) is 7.64. The lowest BCUT2D eigenvalue weighted by molar-refractivity contribution is -0.120. The smallest absolute Gasteiger partial charge is 0.343 e. The maximum absolute atomic E-state index is 12.5. The Morgan fingerprint density at radius 2 is 1.71 bits per heavy atom. The van der Waals surface area contributed by atoms with Gasteiger partial charge in [-0.15, -0.1) is 0 Å². The predicted octanol–water partition coefficient (Wildman–Crippen LogP) is 5.80. The summed E-state index contributed by atoms with van der Waals surface area (Å²) in [4.78, 5) is 24.9. The molecule has 0 aliphatic carbocycles. The molecule has 35 heavy (non-hydrogen) atoms. The third-order valence-corrected chi connectivity index (χ3v) is 5.44. The molecule has 0 saturated carbocycles. The zero-order valence-electron chi connectivity index (χ0n) is 19.0. The molecule has 0 fully saturated rings. The van der Waals surface area contributed by atoms with Crippen LogP contribution in [-0.2, 0) is 11.2 Å². The Bertz CT molecular complexity index is 1380. The van der Waals surface area contributed by atoms with Crippen molar-refractivity contribution in [1.82, 2.24) is 5.43 Å². The number of halogens is 1. The van der Waals surface area contributed by atoms with E-state index in [0.29, 0.717) is 28.5 Å². The van der Waals surface area contributed by atoms with E-state index in [0.717, 1.165) is 16.3 Å². The van der Waals surface area contributed by atoms with E-state index >= 15 is 0 Å². The topological polar surface area (TPSA) is 77.0 Å². The number of nitrogens with one attached hydrogen (secondary N) is 1. The second kappa shape index (κ2) is 11.3. The minimum Gasteiger partial charge on any atom is -0.490 e. The van der Waals surface area contributed by atoms with Gasteiger partial charge in [0.1, 0.15) is 0 Å². The molecule has 0 bridgehead atoms. The van der Waals surface area contributed by atoms with Crippen LogP contribution < -0.4 is 14.9 Å². The van der Waals surface area contributed by atoms with Gasteiger partial charge in [0.05, 0.1) is 24.8 Å². The van der Waals surface area contributed by atoms with Gasteiger partial charge in [-0.05, 0) is 71.3 Å². The van der Waals surface area contributed by atoms with Crippen LogP contribution in [-0.4, -0.2) is 24.7 Å². The number of rotatable bonds is 8. The standard InChI is InChI=1S/C28H23ClN2O4/c1-2-34-26-16-19(10-15-25(26)35-28(33)21-11-13-23(29)14-12-21)18-30-31-27(32)17-22-8-5-7-20-6-3-4-9-24(20)22/h3-16,18H,2,17H2,1H3,(H,31,32). The summed E-state index contributed by atoms with van der Waals surface area (Å²) in [6, 6.07) is 25.3. The number of carbonyl (C=O) groups excluding carboxylic acids is 2. The van der Waals surface area contributed by atoms with Crippen molar-refractivity contribution in [3.63, 3.8) is 0 Å². The first kappa shape index (κ1) is 24.0. The van der Waals surface area contributed by atoms with Crippen molar-refractivity contribution in [3.05, 3.63) is 107 Å². The highest BCUT2D eigenvalue weighted by Crippen LogP contribution is 2.29. The molecule has 6 nitrogen and oxygen atoms in total. The Balaban J connectivity index is 1.41. The molecule has 0 spiro atoms. The molecule has 0 saturated heterocycles. The average molecular weight is 487 g/mol. The Morgan fingerprint density at radius 1 is 0.943 bits per heavy atom. The fourth-order valence-corrected chi connectivity index (χ4v) is 3.67. The van der Waals surface area contributed by atoms with Crippen molar-refractivity contribution < 1.29 is 19.1 Å². The van der Waals surface area contributed by atoms with Crippen LogP contribution in [0.15, 0.2) is 90.0 Å². The molecule has 4 aromatic rings. The molecule has 1 amide bonds. The summed E-state index contributed by atoms with van der Waals surface area (Å²) < 4.78 is 11.1. The third-order valence-electron chi connectivity index (χ3n) is 5.18. The number of benzene rings is 4. The Morgan fingerprint density at radius 3 is 2.51 bits per heavy atom. The van der Waals surface area contributed by atoms with Crippen LogP contribution >= 0.6 is 11.6 Å². The molecular weight excluding hydrogens is 464 g/mol. The number of hydrogen-bond acceptors (Lipinski definition) is 5. The summed E-state index contributed by atoms with van der Waals surface area (Å²) in [5, 5.41) is 6.72. The number of fused-ring (bicyclic) bond motifs is 1. The van der Waals surface area contributed by atoms with Gasteiger partial charge >= 0.3 is 5.97 Å². The number of carbonyl (C=O) groups is 2. The van der Waals surface area contributed by atoms with E-state index in [2.05, 4.69) is 10.5 Å². The number of hydrogen-bond donors (Lipinski definition) is 1. The zero-order valence-corrected chi connectivity index (χ0v) is 19.8. The van der Waals surface area contributed by atoms with E-state index in [-0.39, 0.29) is 18.1 Å². The number of esters is 1. The summed E-state index contributed by atoms with van der Waals surface area (Å²) in [6.45, 7) is 2.22. The quantitative estimate of drug-likeness (QED) is 0.148. The molecule has 4 aromatic carbocycles. The summed E-state index contributed by atoms with van der Waals surface area (Å²) in [5.74, 6) is -0.0781. The van der Waals surface area contributed by atoms with E-state index in [1.54, 1.807) is 42.5 Å². The SMILES string of the molecule is CCOc1cc(C=NNC(=O)Cc2cccc3ccccc23)ccc1OC(=O)c1ccc(Cl)cc1. The Labute approximate surface area is 208 Å². The average Bonchev–Trinajstić information content (AvgIpc) is 2.86. The van der Waals surface area contributed by atoms with Gasteiger partial charge < -0.3 is 9.47 Å². The van der Waals surface area contributed by atoms with E-state index in [4.69, 9.17) is 21.1 Å². The van der Waals surface area contributed by atoms with Crippen LogP contribution in [0.5, 0.6) is 11.5 Å². The number of hydrazone groups is 1. The minimum atomic E-state index is -0.523. The Kier molecular flexibility index (Phi) is 7.75. The third kappa shape index (κ3) is 6.25. The van der Waals surface area contributed by atoms with Gasteiger partial charge in [0.25, 0.3) is 0 Å². The second-order valence-corrected chi connectivity index (χ2v) is 8.08. The van der Waals surface area contributed by atoms with Crippen LogP contribution in [0.1, 0.15) is 28.4 Å². The van der Waals surface area contributed by atoms with E-state index in [1.165, 1.54) is 6.21 Å². The van der Waals surface area contributed by atoms with Crippen molar-refractivity contribution in [1.29, 1.82) is 0 Å². The fraction of sp³-hybridized carbons (Fsp3) is 0.107. The summed E-state index contributed by atoms with van der Waals surface area (Å²) in [5.41, 5.74) is 4.54. The van der Waals surface area contributed by atoms with Gasteiger partial charge in [-0.2, -0.15) is 5.10 Å². The first-order chi connectivity index (χ1) is 17.0. The lowest BCUT2D eigenvalue weighted by Crippen LogP contribution is -2.19. The molecule has 7 heteroatoms. The zero-order chi connectivity index (χ0) is 24.6. The van der Waals surface area contributed by atoms with Crippen molar-refractivity contribution in [2.24, 2.45) is 5.10 Å². The van der Waals surface area contributed by atoms with Crippen molar-refractivity contribution in [3.8, 4) is 11.5 Å². The largest absolute Gasteiger partial charge is 0.490 e. The maximum atomic E-state index is 12.5. The molecule has 0 aliphatic heterocycles. The molecular formula is C28H23ClN2O4. The van der Waals surface area contributed by atoms with Crippen LogP contribution in [0.2, 0.25) is 5.02 Å². The number of nitrogens with zero attached hydrogens (tertiary/aromatic N) is 1. The summed E-state index contributed by atoms with van der Waals surface area (Å²) >= 11 is 5.87. The fourth-order valence-electron chi connectivity index (χ4n) is 3.54. The van der Waals surface area contributed by atoms with Gasteiger partial charge in [-0.3, -0.25) is 4.79 Å². The van der Waals surface area contributed by atoms with Crippen LogP contribution in [0.25, 0.3) is 10.8 Å². The van der Waals surface area contributed by atoms with Gasteiger partial charge in [0, 0.05) is 5.02 Å². The van der Waals surface area contributed by atoms with E-state index < -0.39 is 5.97 Å². The lowest BCUT2D eigenvalue weighted by atomic mass is 10.0. The normalized spacial score (nSPS) is 10.9. The predicted molar refractivity (Wildman–Crippen MR) is 137 cm³/mol. The highest BCUT2D eigenvalue weighted by molar-refractivity contribution is 6.30. The molecule has 1 N–H and O–H groups in total. The van der Waals surface area contributed by atoms with Crippen LogP contribution in [0, 0.1) is 0 Å². The molecule has 4 rings (SSSR count). The van der Waals surface area contributed by atoms with E-state index in [1.807, 2.05) is 49.4 Å². The van der Waals surface area contributed by atoms with Crippen LogP contribution in [0.4, 0.5) is 0 Å². The maximum Gasteiger partial charge on any atom is 0.343 e. The van der Waals surface area contributed by atoms with Crippen LogP contribution in [0.3, 0.4) is 0 Å². The lowest BCUT2D eigenvalue weighted by Gasteiger charge is -2.11. The molecule has 0 atom stereocenters. The molecule has 0 aliphatic rings. The molecule has 0 unspecified atom stereocenters. The molecule has 0 radical (unpaired) electrons. The number of amides is 1. The van der Waals surface area contributed by atoms with Gasteiger partial charge in [-0.25, -0.2) is 10.2 Å². The first-order valence-corrected chi connectivity index (χ1v) is 11.4. The minimum absolute atomic E-state index is 0.211. The van der Waals surface area contributed by atoms with Gasteiger partial charge in [0.15, 0.2) is 11.5 Å². The van der Waals surface area contributed by atoms with Crippen molar-refractivity contribution in [2.45, 2.75) is 13.3 Å². The monoisotopic (exact) mass is 486 g/mol. The van der Waals surface area contributed by atoms with Crippen molar-refractivity contribution >= 4 is 40.5 Å². The highest BCUT2D eigenvalue weighted by atomic mass is 35.5. The van der Waals surface area contributed by atoms with Gasteiger partial charge in [-0.1, -0.05) is 54.1 Å². The highest BCUT2D eigenvalue weighted by Gasteiger charge is 2.13. The Hall–Kier alpha value is -4.16. The first-order valence-electron chi connectivity index (χ1n) is 11.1. The van der Waals surface area contributed by atoms with E-state index in [9.17, 15) is 9.59 Å². The summed E-state index contributed by atoms with van der Waals surface area (Å²) in [7, 11) is 0. The molecule has 0 heterocycles. The van der Waals surface area contributed by atoms with Crippen molar-refractivity contribution in [2.75, 3.05) is 6.61 Å².